The zero-order valence-electron chi connectivity index (χ0n) is 12.9. The van der Waals surface area contributed by atoms with E-state index < -0.39 is 0 Å². The predicted octanol–water partition coefficient (Wildman–Crippen LogP) is 0.767. The van der Waals surface area contributed by atoms with Crippen molar-refractivity contribution in [2.75, 3.05) is 26.0 Å². The number of anilines is 1. The summed E-state index contributed by atoms with van der Waals surface area (Å²) in [5, 5.41) is 10.6. The number of hydrogen-bond donors (Lipinski definition) is 2. The van der Waals surface area contributed by atoms with Gasteiger partial charge in [-0.3, -0.25) is 4.79 Å². The Labute approximate surface area is 133 Å². The minimum atomic E-state index is -0.362. The van der Waals surface area contributed by atoms with E-state index in [0.717, 1.165) is 19.4 Å². The van der Waals surface area contributed by atoms with Gasteiger partial charge in [0.1, 0.15) is 11.4 Å². The van der Waals surface area contributed by atoms with Crippen LogP contribution < -0.4 is 15.8 Å². The van der Waals surface area contributed by atoms with Crippen molar-refractivity contribution in [3.8, 4) is 11.4 Å². The van der Waals surface area contributed by atoms with Gasteiger partial charge < -0.3 is 20.5 Å². The fourth-order valence-corrected chi connectivity index (χ4v) is 2.53. The summed E-state index contributed by atoms with van der Waals surface area (Å²) in [6, 6.07) is 7.24. The van der Waals surface area contributed by atoms with E-state index in [1.54, 1.807) is 19.2 Å². The van der Waals surface area contributed by atoms with Crippen LogP contribution in [0.3, 0.4) is 0 Å². The lowest BCUT2D eigenvalue weighted by atomic mass is 10.2. The number of aromatic nitrogens is 3. The Morgan fingerprint density at radius 3 is 3.09 bits per heavy atom. The van der Waals surface area contributed by atoms with E-state index >= 15 is 0 Å². The zero-order chi connectivity index (χ0) is 16.2. The second kappa shape index (κ2) is 6.66. The van der Waals surface area contributed by atoms with Crippen LogP contribution in [-0.2, 0) is 4.74 Å². The highest BCUT2D eigenvalue weighted by molar-refractivity contribution is 5.96. The second-order valence-electron chi connectivity index (χ2n) is 5.25. The maximum atomic E-state index is 12.2. The first-order chi connectivity index (χ1) is 11.2. The number of hydrogen-bond acceptors (Lipinski definition) is 6. The van der Waals surface area contributed by atoms with Crippen molar-refractivity contribution in [1.82, 2.24) is 20.3 Å². The normalized spacial score (nSPS) is 17.2. The van der Waals surface area contributed by atoms with Crippen molar-refractivity contribution < 1.29 is 14.3 Å². The largest absolute Gasteiger partial charge is 0.494 e. The lowest BCUT2D eigenvalue weighted by Crippen LogP contribution is -2.32. The number of para-hydroxylation sites is 2. The van der Waals surface area contributed by atoms with Crippen molar-refractivity contribution in [2.45, 2.75) is 18.9 Å². The zero-order valence-corrected chi connectivity index (χ0v) is 12.9. The van der Waals surface area contributed by atoms with Crippen LogP contribution in [0.25, 0.3) is 5.69 Å². The molecule has 1 aromatic heterocycles. The summed E-state index contributed by atoms with van der Waals surface area (Å²) in [6.07, 6.45) is 2.03. The summed E-state index contributed by atoms with van der Waals surface area (Å²) in [6.45, 7) is 1.19. The Morgan fingerprint density at radius 1 is 1.52 bits per heavy atom. The number of carbonyl (C=O) groups is 1. The van der Waals surface area contributed by atoms with E-state index in [9.17, 15) is 4.79 Å². The Hall–Kier alpha value is -2.61. The third-order valence-electron chi connectivity index (χ3n) is 3.75. The van der Waals surface area contributed by atoms with Crippen LogP contribution in [0.15, 0.2) is 24.3 Å². The molecule has 8 heteroatoms. The third kappa shape index (κ3) is 3.11. The number of methoxy groups -OCH3 is 1. The van der Waals surface area contributed by atoms with E-state index in [2.05, 4.69) is 15.6 Å². The molecule has 0 bridgehead atoms. The molecule has 0 aliphatic carbocycles. The number of rotatable bonds is 5. The molecular weight excluding hydrogens is 298 g/mol. The molecule has 1 fully saturated rings. The Morgan fingerprint density at radius 2 is 2.35 bits per heavy atom. The molecule has 2 aromatic rings. The van der Waals surface area contributed by atoms with Gasteiger partial charge in [-0.1, -0.05) is 17.3 Å². The molecule has 3 N–H and O–H groups in total. The van der Waals surface area contributed by atoms with Gasteiger partial charge in [-0.05, 0) is 25.0 Å². The van der Waals surface area contributed by atoms with Crippen LogP contribution in [0.5, 0.6) is 5.75 Å². The molecule has 8 nitrogen and oxygen atoms in total. The highest BCUT2D eigenvalue weighted by Gasteiger charge is 2.22. The molecule has 1 aliphatic rings. The van der Waals surface area contributed by atoms with Gasteiger partial charge >= 0.3 is 0 Å². The number of carbonyl (C=O) groups excluding carboxylic acids is 1. The summed E-state index contributed by atoms with van der Waals surface area (Å²) in [4.78, 5) is 12.2. The van der Waals surface area contributed by atoms with Crippen LogP contribution in [0.4, 0.5) is 5.82 Å². The smallest absolute Gasteiger partial charge is 0.275 e. The van der Waals surface area contributed by atoms with Crippen molar-refractivity contribution in [1.29, 1.82) is 0 Å². The number of nitrogens with zero attached hydrogens (tertiary/aromatic N) is 3. The summed E-state index contributed by atoms with van der Waals surface area (Å²) >= 11 is 0. The predicted molar refractivity (Wildman–Crippen MR) is 83.6 cm³/mol. The molecule has 1 saturated heterocycles. The molecule has 23 heavy (non-hydrogen) atoms. The number of amides is 1. The van der Waals surface area contributed by atoms with Crippen LogP contribution >= 0.6 is 0 Å². The van der Waals surface area contributed by atoms with Crippen LogP contribution in [0.2, 0.25) is 0 Å². The molecule has 0 radical (unpaired) electrons. The second-order valence-corrected chi connectivity index (χ2v) is 5.25. The van der Waals surface area contributed by atoms with Crippen LogP contribution in [-0.4, -0.2) is 47.3 Å². The number of benzene rings is 1. The van der Waals surface area contributed by atoms with Crippen molar-refractivity contribution in [2.24, 2.45) is 0 Å². The molecule has 1 atom stereocenters. The van der Waals surface area contributed by atoms with Gasteiger partial charge in [0.2, 0.25) is 0 Å². The Balaban J connectivity index is 1.77. The first-order valence-corrected chi connectivity index (χ1v) is 7.45. The fourth-order valence-electron chi connectivity index (χ4n) is 2.53. The van der Waals surface area contributed by atoms with Gasteiger partial charge in [-0.2, -0.15) is 4.68 Å². The number of nitrogen functional groups attached to an aromatic ring is 1. The Bertz CT molecular complexity index is 694. The van der Waals surface area contributed by atoms with E-state index in [1.807, 2.05) is 12.1 Å². The average molecular weight is 317 g/mol. The molecular formula is C15H19N5O3. The van der Waals surface area contributed by atoms with Gasteiger partial charge in [-0.25, -0.2) is 0 Å². The first kappa shape index (κ1) is 15.3. The van der Waals surface area contributed by atoms with Gasteiger partial charge in [0, 0.05) is 13.2 Å². The monoisotopic (exact) mass is 317 g/mol. The van der Waals surface area contributed by atoms with Crippen molar-refractivity contribution >= 4 is 11.7 Å². The van der Waals surface area contributed by atoms with E-state index in [4.69, 9.17) is 15.2 Å². The van der Waals surface area contributed by atoms with Crippen molar-refractivity contribution in [3.63, 3.8) is 0 Å². The fraction of sp³-hybridized carbons (Fsp3) is 0.400. The molecule has 1 aromatic carbocycles. The molecule has 0 saturated carbocycles. The molecule has 1 aliphatic heterocycles. The number of nitrogens with one attached hydrogen (secondary N) is 1. The molecule has 0 unspecified atom stereocenters. The maximum absolute atomic E-state index is 12.2. The van der Waals surface area contributed by atoms with E-state index in [1.165, 1.54) is 4.68 Å². The average Bonchev–Trinajstić information content (AvgIpc) is 3.22. The minimum absolute atomic E-state index is 0.0597. The lowest BCUT2D eigenvalue weighted by molar-refractivity contribution is 0.0854. The third-order valence-corrected chi connectivity index (χ3v) is 3.75. The van der Waals surface area contributed by atoms with Crippen LogP contribution in [0, 0.1) is 0 Å². The molecule has 2 heterocycles. The van der Waals surface area contributed by atoms with Gasteiger partial charge in [-0.15, -0.1) is 5.10 Å². The molecule has 1 amide bonds. The summed E-state index contributed by atoms with van der Waals surface area (Å²) in [7, 11) is 1.56. The molecule has 3 rings (SSSR count). The SMILES string of the molecule is COc1ccccc1-n1nnc(C(=O)NC[C@@H]2CCCO2)c1N. The molecule has 0 spiro atoms. The maximum Gasteiger partial charge on any atom is 0.275 e. The molecule has 122 valence electrons. The highest BCUT2D eigenvalue weighted by Crippen LogP contribution is 2.24. The summed E-state index contributed by atoms with van der Waals surface area (Å²) in [5.41, 5.74) is 6.75. The summed E-state index contributed by atoms with van der Waals surface area (Å²) in [5.74, 6) is 0.397. The standard InChI is InChI=1S/C15H19N5O3/c1-22-12-7-3-2-6-11(12)20-14(16)13(18-19-20)15(21)17-9-10-5-4-8-23-10/h2-3,6-7,10H,4-5,8-9,16H2,1H3,(H,17,21)/t10-/m0/s1. The Kier molecular flexibility index (Phi) is 4.42. The van der Waals surface area contributed by atoms with Gasteiger partial charge in [0.15, 0.2) is 11.5 Å². The minimum Gasteiger partial charge on any atom is -0.494 e. The van der Waals surface area contributed by atoms with Crippen molar-refractivity contribution in [3.05, 3.63) is 30.0 Å². The number of nitrogens with two attached hydrogens (primary N) is 1. The topological polar surface area (TPSA) is 104 Å². The first-order valence-electron chi connectivity index (χ1n) is 7.45. The van der Waals surface area contributed by atoms with E-state index in [0.29, 0.717) is 18.0 Å². The summed E-state index contributed by atoms with van der Waals surface area (Å²) < 4.78 is 12.1. The quantitative estimate of drug-likeness (QED) is 0.844. The highest BCUT2D eigenvalue weighted by atomic mass is 16.5. The number of ether oxygens (including phenoxy) is 2. The van der Waals surface area contributed by atoms with E-state index in [-0.39, 0.29) is 23.5 Å². The van der Waals surface area contributed by atoms with Crippen LogP contribution in [0.1, 0.15) is 23.3 Å². The van der Waals surface area contributed by atoms with Gasteiger partial charge in [0.25, 0.3) is 5.91 Å². The lowest BCUT2D eigenvalue weighted by Gasteiger charge is -2.10. The van der Waals surface area contributed by atoms with Gasteiger partial charge in [0.05, 0.1) is 13.2 Å².